The third-order valence-electron chi connectivity index (χ3n) is 1.54. The lowest BCUT2D eigenvalue weighted by Crippen LogP contribution is -2.12. The number of amides is 1. The van der Waals surface area contributed by atoms with Gasteiger partial charge in [-0.1, -0.05) is 11.2 Å². The molecule has 1 amide bonds. The first-order valence-electron chi connectivity index (χ1n) is 3.88. The first-order valence-corrected chi connectivity index (χ1v) is 3.88. The number of hydrogen-bond acceptors (Lipinski definition) is 4. The number of carbonyl (C=O) groups excluding carboxylic acids is 1. The van der Waals surface area contributed by atoms with Crippen LogP contribution in [0, 0.1) is 6.92 Å². The van der Waals surface area contributed by atoms with E-state index in [4.69, 9.17) is 4.52 Å². The summed E-state index contributed by atoms with van der Waals surface area (Å²) in [6.45, 7) is 5.17. The monoisotopic (exact) mass is 181 g/mol. The van der Waals surface area contributed by atoms with Crippen LogP contribution in [0.25, 0.3) is 0 Å². The van der Waals surface area contributed by atoms with Gasteiger partial charge in [0.05, 0.1) is 0 Å². The largest absolute Gasteiger partial charge is 0.328 e. The molecule has 70 valence electrons. The molecule has 0 aromatic carbocycles. The average molecular weight is 181 g/mol. The summed E-state index contributed by atoms with van der Waals surface area (Å²) in [5.41, 5.74) is 0.607. The number of anilines is 1. The topological polar surface area (TPSA) is 68.0 Å². The van der Waals surface area contributed by atoms with Crippen LogP contribution in [0.15, 0.2) is 16.2 Å². The number of aryl methyl sites for hydroxylation is 1. The maximum Gasteiger partial charge on any atom is 0.328 e. The van der Waals surface area contributed by atoms with Gasteiger partial charge < -0.3 is 4.52 Å². The molecular weight excluding hydrogens is 170 g/mol. The molecule has 1 rings (SSSR count). The highest BCUT2D eigenvalue weighted by Gasteiger charge is 2.08. The molecule has 0 aliphatic rings. The van der Waals surface area contributed by atoms with Crippen molar-refractivity contribution in [1.82, 2.24) is 10.1 Å². The Morgan fingerprint density at radius 3 is 2.77 bits per heavy atom. The average Bonchev–Trinajstić information content (AvgIpc) is 2.49. The number of hydrogen-bond donors (Lipinski definition) is 1. The van der Waals surface area contributed by atoms with Crippen molar-refractivity contribution in [2.45, 2.75) is 20.8 Å². The van der Waals surface area contributed by atoms with Crippen LogP contribution in [0.2, 0.25) is 0 Å². The van der Waals surface area contributed by atoms with E-state index < -0.39 is 0 Å². The second-order valence-corrected chi connectivity index (χ2v) is 2.57. The minimum absolute atomic E-state index is 0.128. The molecule has 5 heteroatoms. The van der Waals surface area contributed by atoms with E-state index in [2.05, 4.69) is 15.5 Å². The van der Waals surface area contributed by atoms with E-state index in [9.17, 15) is 4.79 Å². The van der Waals surface area contributed by atoms with Gasteiger partial charge in [-0.25, -0.2) is 0 Å². The molecule has 0 unspecified atom stereocenters. The van der Waals surface area contributed by atoms with Gasteiger partial charge in [0.25, 0.3) is 5.91 Å². The van der Waals surface area contributed by atoms with Crippen LogP contribution in [0.4, 0.5) is 6.01 Å². The Balaban J connectivity index is 2.65. The van der Waals surface area contributed by atoms with Crippen LogP contribution in [-0.2, 0) is 4.79 Å². The highest BCUT2D eigenvalue weighted by atomic mass is 16.5. The molecule has 1 N–H and O–H groups in total. The van der Waals surface area contributed by atoms with Gasteiger partial charge in [-0.05, 0) is 20.8 Å². The fourth-order valence-electron chi connectivity index (χ4n) is 0.675. The van der Waals surface area contributed by atoms with Crippen molar-refractivity contribution >= 4 is 11.9 Å². The third-order valence-corrected chi connectivity index (χ3v) is 1.54. The van der Waals surface area contributed by atoms with Gasteiger partial charge in [-0.15, -0.1) is 0 Å². The molecule has 0 saturated carbocycles. The Kier molecular flexibility index (Phi) is 2.79. The van der Waals surface area contributed by atoms with E-state index in [1.54, 1.807) is 26.8 Å². The first kappa shape index (κ1) is 9.44. The molecule has 1 aromatic rings. The lowest BCUT2D eigenvalue weighted by Gasteiger charge is -1.97. The molecular formula is C8H11N3O2. The number of nitrogens with one attached hydrogen (secondary N) is 1. The lowest BCUT2D eigenvalue weighted by atomic mass is 10.3. The predicted octanol–water partition coefficient (Wildman–Crippen LogP) is 1.28. The molecule has 0 radical (unpaired) electrons. The van der Waals surface area contributed by atoms with Crippen LogP contribution in [-0.4, -0.2) is 16.0 Å². The molecule has 0 aliphatic carbocycles. The van der Waals surface area contributed by atoms with Crippen molar-refractivity contribution < 1.29 is 9.32 Å². The van der Waals surface area contributed by atoms with Crippen LogP contribution in [0.1, 0.15) is 19.7 Å². The van der Waals surface area contributed by atoms with Crippen LogP contribution in [0.5, 0.6) is 0 Å². The molecule has 1 aromatic heterocycles. The quantitative estimate of drug-likeness (QED) is 0.698. The van der Waals surface area contributed by atoms with E-state index in [0.717, 1.165) is 0 Å². The van der Waals surface area contributed by atoms with Crippen molar-refractivity contribution in [2.24, 2.45) is 0 Å². The van der Waals surface area contributed by atoms with Crippen molar-refractivity contribution in [3.05, 3.63) is 17.5 Å². The number of nitrogens with zero attached hydrogens (tertiary/aromatic N) is 2. The van der Waals surface area contributed by atoms with Crippen molar-refractivity contribution in [2.75, 3.05) is 5.32 Å². The minimum Gasteiger partial charge on any atom is -0.315 e. The zero-order valence-electron chi connectivity index (χ0n) is 7.79. The SMILES string of the molecule is C/C=C(/C)C(=O)Nc1nc(C)no1. The Morgan fingerprint density at radius 1 is 1.62 bits per heavy atom. The van der Waals surface area contributed by atoms with Gasteiger partial charge >= 0.3 is 6.01 Å². The predicted molar refractivity (Wildman–Crippen MR) is 47.1 cm³/mol. The summed E-state index contributed by atoms with van der Waals surface area (Å²) in [6, 6.07) is 0.128. The van der Waals surface area contributed by atoms with Crippen molar-refractivity contribution in [3.8, 4) is 0 Å². The molecule has 13 heavy (non-hydrogen) atoms. The number of carbonyl (C=O) groups is 1. The minimum atomic E-state index is -0.230. The normalized spacial score (nSPS) is 11.5. The highest BCUT2D eigenvalue weighted by Crippen LogP contribution is 2.04. The van der Waals surface area contributed by atoms with Crippen LogP contribution in [0.3, 0.4) is 0 Å². The second-order valence-electron chi connectivity index (χ2n) is 2.57. The highest BCUT2D eigenvalue weighted by molar-refractivity contribution is 6.01. The summed E-state index contributed by atoms with van der Waals surface area (Å²) in [4.78, 5) is 15.1. The second kappa shape index (κ2) is 3.84. The van der Waals surface area contributed by atoms with E-state index in [1.165, 1.54) is 0 Å². The van der Waals surface area contributed by atoms with Gasteiger partial charge in [0.15, 0.2) is 5.82 Å². The first-order chi connectivity index (χ1) is 6.13. The summed E-state index contributed by atoms with van der Waals surface area (Å²) in [5.74, 6) is 0.264. The maximum absolute atomic E-state index is 11.2. The van der Waals surface area contributed by atoms with E-state index in [0.29, 0.717) is 11.4 Å². The summed E-state index contributed by atoms with van der Waals surface area (Å²) in [6.07, 6.45) is 1.71. The van der Waals surface area contributed by atoms with E-state index in [1.807, 2.05) is 0 Å². The number of rotatable bonds is 2. The zero-order valence-corrected chi connectivity index (χ0v) is 7.79. The fourth-order valence-corrected chi connectivity index (χ4v) is 0.675. The van der Waals surface area contributed by atoms with Crippen LogP contribution < -0.4 is 5.32 Å². The smallest absolute Gasteiger partial charge is 0.315 e. The molecule has 0 aliphatic heterocycles. The standard InChI is InChI=1S/C8H11N3O2/c1-4-5(2)7(12)10-8-9-6(3)11-13-8/h4H,1-3H3,(H,9,10,11,12)/b5-4-. The van der Waals surface area contributed by atoms with Crippen LogP contribution >= 0.6 is 0 Å². The molecule has 0 fully saturated rings. The van der Waals surface area contributed by atoms with Crippen molar-refractivity contribution in [1.29, 1.82) is 0 Å². The summed E-state index contributed by atoms with van der Waals surface area (Å²) in [7, 11) is 0. The van der Waals surface area contributed by atoms with Gasteiger partial charge in [0.1, 0.15) is 0 Å². The Bertz CT molecular complexity index is 341. The molecule has 0 saturated heterocycles. The lowest BCUT2D eigenvalue weighted by molar-refractivity contribution is -0.112. The molecule has 5 nitrogen and oxygen atoms in total. The molecule has 0 atom stereocenters. The van der Waals surface area contributed by atoms with E-state index in [-0.39, 0.29) is 11.9 Å². The van der Waals surface area contributed by atoms with Gasteiger partial charge in [-0.2, -0.15) is 4.98 Å². The zero-order chi connectivity index (χ0) is 9.84. The van der Waals surface area contributed by atoms with Gasteiger partial charge in [0, 0.05) is 5.57 Å². The Labute approximate surface area is 75.8 Å². The summed E-state index contributed by atoms with van der Waals surface area (Å²) < 4.78 is 4.71. The molecule has 0 bridgehead atoms. The van der Waals surface area contributed by atoms with Gasteiger partial charge in [-0.3, -0.25) is 10.1 Å². The Morgan fingerprint density at radius 2 is 2.31 bits per heavy atom. The molecule has 1 heterocycles. The number of allylic oxidation sites excluding steroid dienone is 1. The molecule has 0 spiro atoms. The van der Waals surface area contributed by atoms with Crippen molar-refractivity contribution in [3.63, 3.8) is 0 Å². The summed E-state index contributed by atoms with van der Waals surface area (Å²) >= 11 is 0. The number of aromatic nitrogens is 2. The Hall–Kier alpha value is -1.65. The van der Waals surface area contributed by atoms with E-state index >= 15 is 0 Å². The summed E-state index contributed by atoms with van der Waals surface area (Å²) in [5, 5.41) is 6.00. The van der Waals surface area contributed by atoms with Gasteiger partial charge in [0.2, 0.25) is 0 Å². The third kappa shape index (κ3) is 2.40. The maximum atomic E-state index is 11.2. The fraction of sp³-hybridized carbons (Fsp3) is 0.375.